The van der Waals surface area contributed by atoms with Gasteiger partial charge in [0, 0.05) is 38.7 Å². The van der Waals surface area contributed by atoms with Crippen LogP contribution < -0.4 is 4.90 Å². The Kier molecular flexibility index (Phi) is 4.31. The molecule has 6 heteroatoms. The van der Waals surface area contributed by atoms with Gasteiger partial charge in [0.25, 0.3) is 0 Å². The first kappa shape index (κ1) is 13.7. The molecule has 1 saturated heterocycles. The summed E-state index contributed by atoms with van der Waals surface area (Å²) in [5, 5.41) is 9.09. The zero-order chi connectivity index (χ0) is 13.8. The lowest BCUT2D eigenvalue weighted by Gasteiger charge is -2.34. The third kappa shape index (κ3) is 3.20. The van der Waals surface area contributed by atoms with Gasteiger partial charge in [0.2, 0.25) is 0 Å². The first-order chi connectivity index (χ1) is 9.13. The van der Waals surface area contributed by atoms with Crippen LogP contribution in [0.2, 0.25) is 0 Å². The number of piperazine rings is 1. The quantitative estimate of drug-likeness (QED) is 0.870. The lowest BCUT2D eigenvalue weighted by Crippen LogP contribution is -2.46. The third-order valence-electron chi connectivity index (χ3n) is 3.44. The van der Waals surface area contributed by atoms with Crippen molar-refractivity contribution in [1.29, 1.82) is 0 Å². The second kappa shape index (κ2) is 5.97. The molecular weight excluding hydrogens is 244 g/mol. The highest BCUT2D eigenvalue weighted by Gasteiger charge is 2.19. The molecule has 2 rings (SSSR count). The molecule has 0 spiro atoms. The van der Waals surface area contributed by atoms with E-state index in [0.717, 1.165) is 38.5 Å². The van der Waals surface area contributed by atoms with E-state index in [1.165, 1.54) is 0 Å². The first-order valence-electron chi connectivity index (χ1n) is 6.72. The predicted octanol–water partition coefficient (Wildman–Crippen LogP) is 0.879. The summed E-state index contributed by atoms with van der Waals surface area (Å²) in [6, 6.07) is 1.57. The summed E-state index contributed by atoms with van der Waals surface area (Å²) in [5.74, 6) is 0.332. The van der Waals surface area contributed by atoms with Crippen LogP contribution in [0, 0.1) is 0 Å². The Morgan fingerprint density at radius 3 is 2.47 bits per heavy atom. The number of carbonyl (C=O) groups is 1. The molecule has 1 aliphatic rings. The predicted molar refractivity (Wildman–Crippen MR) is 72.7 cm³/mol. The van der Waals surface area contributed by atoms with Crippen LogP contribution in [0.3, 0.4) is 0 Å². The molecule has 104 valence electrons. The minimum Gasteiger partial charge on any atom is -0.477 e. The van der Waals surface area contributed by atoms with E-state index in [1.54, 1.807) is 6.07 Å². The number of aryl methyl sites for hydroxylation is 1. The smallest absolute Gasteiger partial charge is 0.354 e. The van der Waals surface area contributed by atoms with Gasteiger partial charge in [0.1, 0.15) is 11.6 Å². The molecule has 0 unspecified atom stereocenters. The normalized spacial score (nSPS) is 16.6. The van der Waals surface area contributed by atoms with Gasteiger partial charge in [-0.2, -0.15) is 0 Å². The Morgan fingerprint density at radius 1 is 1.26 bits per heavy atom. The standard InChI is InChI=1S/C13H20N4O2/c1-3-11-14-10(13(18)19)9-12(15-11)17-7-5-16(4-2)6-8-17/h9H,3-8H2,1-2H3,(H,18,19). The molecule has 0 radical (unpaired) electrons. The fourth-order valence-electron chi connectivity index (χ4n) is 2.21. The fourth-order valence-corrected chi connectivity index (χ4v) is 2.21. The van der Waals surface area contributed by atoms with Gasteiger partial charge in [-0.05, 0) is 6.54 Å². The van der Waals surface area contributed by atoms with Crippen LogP contribution in [0.1, 0.15) is 30.2 Å². The molecule has 19 heavy (non-hydrogen) atoms. The average molecular weight is 264 g/mol. The Balaban J connectivity index is 2.20. The van der Waals surface area contributed by atoms with Gasteiger partial charge in [0.15, 0.2) is 5.69 Å². The first-order valence-corrected chi connectivity index (χ1v) is 6.72. The Bertz CT molecular complexity index is 456. The number of nitrogens with zero attached hydrogens (tertiary/aromatic N) is 4. The van der Waals surface area contributed by atoms with Gasteiger partial charge in [-0.15, -0.1) is 0 Å². The summed E-state index contributed by atoms with van der Waals surface area (Å²) in [5.41, 5.74) is 0.0831. The summed E-state index contributed by atoms with van der Waals surface area (Å²) in [6.07, 6.45) is 0.642. The van der Waals surface area contributed by atoms with Gasteiger partial charge in [-0.3, -0.25) is 0 Å². The van der Waals surface area contributed by atoms with E-state index in [4.69, 9.17) is 5.11 Å². The number of hydrogen-bond acceptors (Lipinski definition) is 5. The second-order valence-corrected chi connectivity index (χ2v) is 4.61. The van der Waals surface area contributed by atoms with E-state index < -0.39 is 5.97 Å². The summed E-state index contributed by atoms with van der Waals surface area (Å²) < 4.78 is 0. The number of aromatic carboxylic acids is 1. The topological polar surface area (TPSA) is 69.6 Å². The van der Waals surface area contributed by atoms with Gasteiger partial charge < -0.3 is 14.9 Å². The maximum atomic E-state index is 11.1. The second-order valence-electron chi connectivity index (χ2n) is 4.61. The van der Waals surface area contributed by atoms with Crippen LogP contribution in [0.25, 0.3) is 0 Å². The number of carboxylic acids is 1. The molecule has 2 heterocycles. The molecule has 0 amide bonds. The zero-order valence-electron chi connectivity index (χ0n) is 11.5. The highest BCUT2D eigenvalue weighted by molar-refractivity contribution is 5.86. The number of hydrogen-bond donors (Lipinski definition) is 1. The summed E-state index contributed by atoms with van der Waals surface area (Å²) >= 11 is 0. The van der Waals surface area contributed by atoms with Crippen LogP contribution in [0.4, 0.5) is 5.82 Å². The van der Waals surface area contributed by atoms with Crippen LogP contribution >= 0.6 is 0 Å². The minimum absolute atomic E-state index is 0.0831. The zero-order valence-corrected chi connectivity index (χ0v) is 11.5. The van der Waals surface area contributed by atoms with Crippen molar-refractivity contribution in [2.45, 2.75) is 20.3 Å². The van der Waals surface area contributed by atoms with Crippen molar-refractivity contribution in [2.24, 2.45) is 0 Å². The molecule has 0 aromatic carbocycles. The van der Waals surface area contributed by atoms with Crippen LogP contribution in [-0.4, -0.2) is 58.7 Å². The molecule has 0 bridgehead atoms. The van der Waals surface area contributed by atoms with E-state index in [-0.39, 0.29) is 5.69 Å². The van der Waals surface area contributed by atoms with Crippen LogP contribution in [-0.2, 0) is 6.42 Å². The molecule has 1 aliphatic heterocycles. The molecular formula is C13H20N4O2. The van der Waals surface area contributed by atoms with Crippen molar-refractivity contribution >= 4 is 11.8 Å². The van der Waals surface area contributed by atoms with E-state index in [0.29, 0.717) is 12.2 Å². The van der Waals surface area contributed by atoms with Gasteiger partial charge >= 0.3 is 5.97 Å². The monoisotopic (exact) mass is 264 g/mol. The number of carboxylic acid groups (broad SMARTS) is 1. The number of rotatable bonds is 4. The maximum Gasteiger partial charge on any atom is 0.354 e. The van der Waals surface area contributed by atoms with E-state index in [9.17, 15) is 4.79 Å². The van der Waals surface area contributed by atoms with Gasteiger partial charge in [-0.1, -0.05) is 13.8 Å². The van der Waals surface area contributed by atoms with Crippen molar-refractivity contribution < 1.29 is 9.90 Å². The number of aromatic nitrogens is 2. The van der Waals surface area contributed by atoms with E-state index >= 15 is 0 Å². The Morgan fingerprint density at radius 2 is 1.95 bits per heavy atom. The highest BCUT2D eigenvalue weighted by Crippen LogP contribution is 2.15. The van der Waals surface area contributed by atoms with Crippen molar-refractivity contribution in [3.63, 3.8) is 0 Å². The maximum absolute atomic E-state index is 11.1. The summed E-state index contributed by atoms with van der Waals surface area (Å²) in [7, 11) is 0. The van der Waals surface area contributed by atoms with Gasteiger partial charge in [0.05, 0.1) is 0 Å². The molecule has 1 aromatic heterocycles. The van der Waals surface area contributed by atoms with Crippen molar-refractivity contribution in [1.82, 2.24) is 14.9 Å². The number of anilines is 1. The van der Waals surface area contributed by atoms with Crippen LogP contribution in [0.5, 0.6) is 0 Å². The lowest BCUT2D eigenvalue weighted by atomic mass is 10.3. The molecule has 1 N–H and O–H groups in total. The van der Waals surface area contributed by atoms with E-state index in [2.05, 4.69) is 26.7 Å². The SMILES string of the molecule is CCc1nc(C(=O)O)cc(N2CCN(CC)CC2)n1. The Hall–Kier alpha value is -1.69. The highest BCUT2D eigenvalue weighted by atomic mass is 16.4. The van der Waals surface area contributed by atoms with Crippen molar-refractivity contribution in [3.05, 3.63) is 17.6 Å². The molecule has 1 fully saturated rings. The fraction of sp³-hybridized carbons (Fsp3) is 0.615. The number of likely N-dealkylation sites (N-methyl/N-ethyl adjacent to an activating group) is 1. The van der Waals surface area contributed by atoms with Crippen LogP contribution in [0.15, 0.2) is 6.07 Å². The van der Waals surface area contributed by atoms with Crippen molar-refractivity contribution in [2.75, 3.05) is 37.6 Å². The Labute approximate surface area is 113 Å². The summed E-state index contributed by atoms with van der Waals surface area (Å²) in [6.45, 7) is 8.88. The largest absolute Gasteiger partial charge is 0.477 e. The average Bonchev–Trinajstić information content (AvgIpc) is 2.46. The molecule has 0 saturated carbocycles. The minimum atomic E-state index is -0.995. The van der Waals surface area contributed by atoms with Gasteiger partial charge in [-0.25, -0.2) is 14.8 Å². The van der Waals surface area contributed by atoms with E-state index in [1.807, 2.05) is 6.92 Å². The molecule has 1 aromatic rings. The van der Waals surface area contributed by atoms with Crippen molar-refractivity contribution in [3.8, 4) is 0 Å². The molecule has 0 aliphatic carbocycles. The summed E-state index contributed by atoms with van der Waals surface area (Å²) in [4.78, 5) is 24.1. The molecule has 6 nitrogen and oxygen atoms in total. The third-order valence-corrected chi connectivity index (χ3v) is 3.44. The molecule has 0 atom stereocenters. The lowest BCUT2D eigenvalue weighted by molar-refractivity contribution is 0.0690.